The quantitative estimate of drug-likeness (QED) is 0.321. The zero-order valence-electron chi connectivity index (χ0n) is 18.5. The molecule has 4 N–H and O–H groups in total. The lowest BCUT2D eigenvalue weighted by Crippen LogP contribution is -2.28. The summed E-state index contributed by atoms with van der Waals surface area (Å²) in [5, 5.41) is 21.1. The molecule has 3 aromatic heterocycles. The highest BCUT2D eigenvalue weighted by atomic mass is 16.3. The van der Waals surface area contributed by atoms with Gasteiger partial charge in [-0.2, -0.15) is 15.1 Å². The second-order valence-corrected chi connectivity index (χ2v) is 8.59. The summed E-state index contributed by atoms with van der Waals surface area (Å²) >= 11 is 0. The van der Waals surface area contributed by atoms with Crippen molar-refractivity contribution in [3.05, 3.63) is 60.0 Å². The van der Waals surface area contributed by atoms with Gasteiger partial charge in [0.25, 0.3) is 0 Å². The number of carbonyl (C=O) groups excluding carboxylic acids is 1. The highest BCUT2D eigenvalue weighted by Gasteiger charge is 2.24. The molecule has 0 aliphatic heterocycles. The van der Waals surface area contributed by atoms with Gasteiger partial charge in [-0.15, -0.1) is 0 Å². The molecule has 0 atom stereocenters. The smallest absolute Gasteiger partial charge is 0.231 e. The van der Waals surface area contributed by atoms with Gasteiger partial charge in [0.05, 0.1) is 22.8 Å². The molecule has 0 spiro atoms. The molecule has 0 amide bonds. The normalized spacial score (nSPS) is 18.4. The summed E-state index contributed by atoms with van der Waals surface area (Å²) in [5.41, 5.74) is 2.52. The summed E-state index contributed by atoms with van der Waals surface area (Å²) in [6, 6.07) is 9.43. The van der Waals surface area contributed by atoms with Crippen molar-refractivity contribution in [3.8, 4) is 0 Å². The van der Waals surface area contributed by atoms with Crippen LogP contribution in [0.25, 0.3) is 11.0 Å². The van der Waals surface area contributed by atoms with Crippen LogP contribution < -0.4 is 10.6 Å². The van der Waals surface area contributed by atoms with E-state index in [2.05, 4.69) is 25.7 Å². The molecule has 9 heteroatoms. The largest absolute Gasteiger partial charge is 0.396 e. The molecule has 1 aromatic carbocycles. The third-order valence-electron chi connectivity index (χ3n) is 6.22. The van der Waals surface area contributed by atoms with Crippen molar-refractivity contribution in [2.75, 3.05) is 17.2 Å². The second-order valence-electron chi connectivity index (χ2n) is 8.59. The number of aliphatic hydroxyl groups is 1. The fourth-order valence-electron chi connectivity index (χ4n) is 4.42. The Hall–Kier alpha value is -3.72. The molecular formula is C24H27N7O2. The Morgan fingerprint density at radius 3 is 2.67 bits per heavy atom. The summed E-state index contributed by atoms with van der Waals surface area (Å²) in [4.78, 5) is 25.8. The van der Waals surface area contributed by atoms with Gasteiger partial charge in [-0.25, -0.2) is 0 Å². The average molecular weight is 446 g/mol. The number of aromatic nitrogens is 5. The predicted molar refractivity (Wildman–Crippen MR) is 127 cm³/mol. The number of nitrogens with one attached hydrogen (secondary N) is 3. The fraction of sp³-hybridized carbons (Fsp3) is 0.333. The van der Waals surface area contributed by atoms with Gasteiger partial charge in [0.1, 0.15) is 11.5 Å². The van der Waals surface area contributed by atoms with Gasteiger partial charge < -0.3 is 20.7 Å². The van der Waals surface area contributed by atoms with Crippen molar-refractivity contribution in [2.45, 2.75) is 31.7 Å². The maximum absolute atomic E-state index is 13.3. The molecule has 0 radical (unpaired) electrons. The Morgan fingerprint density at radius 2 is 1.97 bits per heavy atom. The van der Waals surface area contributed by atoms with Crippen molar-refractivity contribution < 1.29 is 9.90 Å². The van der Waals surface area contributed by atoms with Crippen molar-refractivity contribution in [2.24, 2.45) is 13.0 Å². The van der Waals surface area contributed by atoms with Crippen molar-refractivity contribution in [1.82, 2.24) is 24.7 Å². The van der Waals surface area contributed by atoms with E-state index in [0.29, 0.717) is 39.8 Å². The number of carbonyl (C=O) groups is 1. The maximum atomic E-state index is 13.3. The number of anilines is 3. The average Bonchev–Trinajstić information content (AvgIpc) is 3.45. The molecule has 1 fully saturated rings. The summed E-state index contributed by atoms with van der Waals surface area (Å²) in [7, 11) is 1.84. The lowest BCUT2D eigenvalue weighted by atomic mass is 9.86. The molecule has 4 aromatic rings. The third-order valence-corrected chi connectivity index (χ3v) is 6.22. The van der Waals surface area contributed by atoms with Crippen LogP contribution in [-0.2, 0) is 7.05 Å². The van der Waals surface area contributed by atoms with Gasteiger partial charge >= 0.3 is 0 Å². The number of fused-ring (bicyclic) bond motifs is 1. The van der Waals surface area contributed by atoms with E-state index in [-0.39, 0.29) is 18.4 Å². The van der Waals surface area contributed by atoms with Crippen LogP contribution in [0.3, 0.4) is 0 Å². The second kappa shape index (κ2) is 9.03. The summed E-state index contributed by atoms with van der Waals surface area (Å²) in [5.74, 6) is 1.33. The van der Waals surface area contributed by atoms with E-state index in [1.165, 1.54) is 0 Å². The number of hydrogen-bond acceptors (Lipinski definition) is 7. The van der Waals surface area contributed by atoms with E-state index < -0.39 is 0 Å². The first-order valence-electron chi connectivity index (χ1n) is 11.2. The summed E-state index contributed by atoms with van der Waals surface area (Å²) in [6.07, 6.45) is 9.06. The third kappa shape index (κ3) is 4.45. The van der Waals surface area contributed by atoms with E-state index in [4.69, 9.17) is 4.98 Å². The number of H-pyrrole nitrogens is 1. The molecule has 9 nitrogen and oxygen atoms in total. The molecule has 33 heavy (non-hydrogen) atoms. The standard InChI is InChI=1S/C24H27N7O2/c1-31-13-18(11-26-31)28-24-29-22-20(19(12-25-22)21(33)16-5-3-2-4-6-16)23(30-24)27-17-9-7-15(14-32)8-10-17/h2-6,11-13,15,17,32H,7-10,14H2,1H3,(H3,25,27,28,29,30). The number of rotatable bonds is 7. The SMILES string of the molecule is Cn1cc(Nc2nc(NC3CCC(CO)CC3)c3c(C(=O)c4ccccc4)c[nH]c3n2)cn1. The first-order chi connectivity index (χ1) is 16.1. The van der Waals surface area contributed by atoms with Gasteiger partial charge in [0, 0.05) is 37.7 Å². The Labute approximate surface area is 191 Å². The van der Waals surface area contributed by atoms with E-state index in [1.54, 1.807) is 17.1 Å². The molecule has 0 unspecified atom stereocenters. The molecule has 170 valence electrons. The zero-order chi connectivity index (χ0) is 22.8. The monoisotopic (exact) mass is 445 g/mol. The van der Waals surface area contributed by atoms with E-state index >= 15 is 0 Å². The van der Waals surface area contributed by atoms with Crippen molar-refractivity contribution in [3.63, 3.8) is 0 Å². The zero-order valence-corrected chi connectivity index (χ0v) is 18.5. The summed E-state index contributed by atoms with van der Waals surface area (Å²) in [6.45, 7) is 0.233. The lowest BCUT2D eigenvalue weighted by Gasteiger charge is -2.28. The Morgan fingerprint density at radius 1 is 1.18 bits per heavy atom. The highest BCUT2D eigenvalue weighted by molar-refractivity contribution is 6.18. The van der Waals surface area contributed by atoms with Crippen LogP contribution in [-0.4, -0.2) is 48.3 Å². The minimum Gasteiger partial charge on any atom is -0.396 e. The number of ketones is 1. The van der Waals surface area contributed by atoms with Crippen LogP contribution >= 0.6 is 0 Å². The molecular weight excluding hydrogens is 418 g/mol. The first kappa shape index (κ1) is 21.1. The van der Waals surface area contributed by atoms with Gasteiger partial charge in [-0.1, -0.05) is 30.3 Å². The molecule has 5 rings (SSSR count). The number of benzene rings is 1. The van der Waals surface area contributed by atoms with E-state index in [1.807, 2.05) is 43.6 Å². The number of hydrogen-bond donors (Lipinski definition) is 4. The predicted octanol–water partition coefficient (Wildman–Crippen LogP) is 3.63. The Balaban J connectivity index is 1.52. The molecule has 3 heterocycles. The van der Waals surface area contributed by atoms with Gasteiger partial charge in [-0.3, -0.25) is 9.48 Å². The van der Waals surface area contributed by atoms with Gasteiger partial charge in [0.2, 0.25) is 5.95 Å². The van der Waals surface area contributed by atoms with Gasteiger partial charge in [-0.05, 0) is 31.6 Å². The molecule has 0 bridgehead atoms. The first-order valence-corrected chi connectivity index (χ1v) is 11.2. The molecule has 1 aliphatic carbocycles. The topological polar surface area (TPSA) is 121 Å². The Kier molecular flexibility index (Phi) is 5.78. The van der Waals surface area contributed by atoms with Gasteiger partial charge in [0.15, 0.2) is 5.78 Å². The molecule has 0 saturated heterocycles. The van der Waals surface area contributed by atoms with Crippen LogP contribution in [0.2, 0.25) is 0 Å². The van der Waals surface area contributed by atoms with Crippen LogP contribution in [0.4, 0.5) is 17.5 Å². The number of aliphatic hydroxyl groups excluding tert-OH is 1. The highest BCUT2D eigenvalue weighted by Crippen LogP contribution is 2.32. The van der Waals surface area contributed by atoms with Crippen molar-refractivity contribution in [1.29, 1.82) is 0 Å². The number of aryl methyl sites for hydroxylation is 1. The molecule has 1 saturated carbocycles. The summed E-state index contributed by atoms with van der Waals surface area (Å²) < 4.78 is 1.70. The van der Waals surface area contributed by atoms with Crippen LogP contribution in [0, 0.1) is 5.92 Å². The minimum absolute atomic E-state index is 0.0783. The van der Waals surface area contributed by atoms with Crippen LogP contribution in [0.1, 0.15) is 41.6 Å². The minimum atomic E-state index is -0.0783. The fourth-order valence-corrected chi connectivity index (χ4v) is 4.42. The van der Waals surface area contributed by atoms with E-state index in [0.717, 1.165) is 31.4 Å². The van der Waals surface area contributed by atoms with Crippen LogP contribution in [0.15, 0.2) is 48.9 Å². The lowest BCUT2D eigenvalue weighted by molar-refractivity contribution is 0.104. The number of aromatic amines is 1. The van der Waals surface area contributed by atoms with Crippen LogP contribution in [0.5, 0.6) is 0 Å². The number of nitrogens with zero attached hydrogens (tertiary/aromatic N) is 4. The van der Waals surface area contributed by atoms with Crippen molar-refractivity contribution >= 4 is 34.3 Å². The maximum Gasteiger partial charge on any atom is 0.231 e. The molecule has 1 aliphatic rings. The van der Waals surface area contributed by atoms with E-state index in [9.17, 15) is 9.90 Å². The Bertz CT molecular complexity index is 1260.